The molecule has 1 aliphatic rings. The molecule has 0 unspecified atom stereocenters. The second-order valence-electron chi connectivity index (χ2n) is 7.72. The van der Waals surface area contributed by atoms with Gasteiger partial charge in [0.1, 0.15) is 0 Å². The third kappa shape index (κ3) is 3.28. The van der Waals surface area contributed by atoms with Crippen molar-refractivity contribution < 1.29 is 4.79 Å². The highest BCUT2D eigenvalue weighted by Crippen LogP contribution is 2.37. The third-order valence-corrected chi connectivity index (χ3v) is 5.91. The molecule has 0 atom stereocenters. The number of anilines is 1. The highest BCUT2D eigenvalue weighted by Gasteiger charge is 2.41. The van der Waals surface area contributed by atoms with Crippen molar-refractivity contribution in [3.8, 4) is 0 Å². The lowest BCUT2D eigenvalue weighted by Crippen LogP contribution is -2.57. The number of hydrogen-bond acceptors (Lipinski definition) is 4. The van der Waals surface area contributed by atoms with Crippen LogP contribution in [0, 0.1) is 5.41 Å². The molecule has 1 aliphatic heterocycles. The zero-order valence-corrected chi connectivity index (χ0v) is 16.1. The first-order valence-corrected chi connectivity index (χ1v) is 9.25. The van der Waals surface area contributed by atoms with E-state index in [0.29, 0.717) is 0 Å². The van der Waals surface area contributed by atoms with Crippen LogP contribution in [-0.2, 0) is 0 Å². The van der Waals surface area contributed by atoms with Gasteiger partial charge in [0.2, 0.25) is 0 Å². The standard InChI is InChI=1S/C19H27N3OS/c1-19(9-10-20(2)3)12-22(13-19)18(23)17-11-14-15(21(4)5)7-6-8-16(14)24-17/h6-8,11H,9-10,12-13H2,1-5H3. The molecule has 2 heterocycles. The fraction of sp³-hybridized carbons (Fsp3) is 0.526. The Morgan fingerprint density at radius 3 is 2.58 bits per heavy atom. The summed E-state index contributed by atoms with van der Waals surface area (Å²) < 4.78 is 1.18. The molecule has 1 fully saturated rings. The average molecular weight is 346 g/mol. The maximum atomic E-state index is 12.8. The van der Waals surface area contributed by atoms with E-state index in [0.717, 1.165) is 30.9 Å². The number of hydrogen-bond donors (Lipinski definition) is 0. The lowest BCUT2D eigenvalue weighted by Gasteiger charge is -2.48. The van der Waals surface area contributed by atoms with Crippen molar-refractivity contribution in [1.82, 2.24) is 9.80 Å². The quantitative estimate of drug-likeness (QED) is 0.831. The minimum absolute atomic E-state index is 0.184. The summed E-state index contributed by atoms with van der Waals surface area (Å²) in [7, 11) is 8.29. The van der Waals surface area contributed by atoms with Gasteiger partial charge in [-0.2, -0.15) is 0 Å². The number of likely N-dealkylation sites (tertiary alicyclic amines) is 1. The Hall–Kier alpha value is -1.59. The van der Waals surface area contributed by atoms with Crippen LogP contribution in [0.15, 0.2) is 24.3 Å². The zero-order chi connectivity index (χ0) is 17.5. The molecule has 0 aliphatic carbocycles. The van der Waals surface area contributed by atoms with Crippen LogP contribution in [0.1, 0.15) is 23.0 Å². The van der Waals surface area contributed by atoms with Crippen molar-refractivity contribution in [2.45, 2.75) is 13.3 Å². The van der Waals surface area contributed by atoms with Gasteiger partial charge >= 0.3 is 0 Å². The summed E-state index contributed by atoms with van der Waals surface area (Å²) in [6.07, 6.45) is 1.14. The molecule has 0 N–H and O–H groups in total. The molecule has 0 radical (unpaired) electrons. The molecule has 130 valence electrons. The predicted octanol–water partition coefficient (Wildman–Crippen LogP) is 3.38. The van der Waals surface area contributed by atoms with E-state index in [2.05, 4.69) is 55.1 Å². The van der Waals surface area contributed by atoms with Gasteiger partial charge in [0, 0.05) is 48.4 Å². The molecule has 0 bridgehead atoms. The normalized spacial score (nSPS) is 16.5. The number of fused-ring (bicyclic) bond motifs is 1. The van der Waals surface area contributed by atoms with Gasteiger partial charge in [-0.15, -0.1) is 11.3 Å². The minimum Gasteiger partial charge on any atom is -0.377 e. The number of rotatable bonds is 5. The number of carbonyl (C=O) groups is 1. The topological polar surface area (TPSA) is 26.8 Å². The molecule has 5 heteroatoms. The van der Waals surface area contributed by atoms with Gasteiger partial charge in [-0.1, -0.05) is 13.0 Å². The largest absolute Gasteiger partial charge is 0.377 e. The molecule has 1 aromatic carbocycles. The molecule has 24 heavy (non-hydrogen) atoms. The van der Waals surface area contributed by atoms with E-state index in [9.17, 15) is 4.79 Å². The Balaban J connectivity index is 1.73. The van der Waals surface area contributed by atoms with Crippen LogP contribution in [-0.4, -0.2) is 63.5 Å². The fourth-order valence-electron chi connectivity index (χ4n) is 3.37. The monoisotopic (exact) mass is 345 g/mol. The summed E-state index contributed by atoms with van der Waals surface area (Å²) >= 11 is 1.61. The highest BCUT2D eigenvalue weighted by molar-refractivity contribution is 7.20. The number of thiophene rings is 1. The Morgan fingerprint density at radius 1 is 1.25 bits per heavy atom. The van der Waals surface area contributed by atoms with Crippen LogP contribution in [0.4, 0.5) is 5.69 Å². The van der Waals surface area contributed by atoms with Crippen LogP contribution in [0.25, 0.3) is 10.1 Å². The van der Waals surface area contributed by atoms with Crippen molar-refractivity contribution >= 4 is 33.0 Å². The first-order chi connectivity index (χ1) is 11.3. The Labute approximate surface area is 148 Å². The molecule has 3 rings (SSSR count). The highest BCUT2D eigenvalue weighted by atomic mass is 32.1. The van der Waals surface area contributed by atoms with E-state index in [-0.39, 0.29) is 11.3 Å². The third-order valence-electron chi connectivity index (χ3n) is 4.83. The Morgan fingerprint density at radius 2 is 1.96 bits per heavy atom. The molecule has 4 nitrogen and oxygen atoms in total. The molecule has 1 saturated heterocycles. The van der Waals surface area contributed by atoms with E-state index in [1.54, 1.807) is 11.3 Å². The lowest BCUT2D eigenvalue weighted by molar-refractivity contribution is 0.00849. The van der Waals surface area contributed by atoms with Gasteiger partial charge in [-0.05, 0) is 45.3 Å². The van der Waals surface area contributed by atoms with Crippen LogP contribution < -0.4 is 4.90 Å². The zero-order valence-electron chi connectivity index (χ0n) is 15.3. The predicted molar refractivity (Wildman–Crippen MR) is 103 cm³/mol. The Bertz CT molecular complexity index is 744. The molecule has 0 saturated carbocycles. The second-order valence-corrected chi connectivity index (χ2v) is 8.80. The molecule has 0 spiro atoms. The van der Waals surface area contributed by atoms with E-state index in [1.807, 2.05) is 19.0 Å². The van der Waals surface area contributed by atoms with Gasteiger partial charge in [-0.25, -0.2) is 0 Å². The second kappa shape index (κ2) is 6.37. The maximum Gasteiger partial charge on any atom is 0.264 e. The van der Waals surface area contributed by atoms with Crippen LogP contribution in [0.2, 0.25) is 0 Å². The van der Waals surface area contributed by atoms with Crippen molar-refractivity contribution in [1.29, 1.82) is 0 Å². The van der Waals surface area contributed by atoms with Crippen molar-refractivity contribution in [3.05, 3.63) is 29.1 Å². The van der Waals surface area contributed by atoms with Gasteiger partial charge in [-0.3, -0.25) is 4.79 Å². The van der Waals surface area contributed by atoms with Gasteiger partial charge in [0.15, 0.2) is 0 Å². The molecular weight excluding hydrogens is 318 g/mol. The fourth-order valence-corrected chi connectivity index (χ4v) is 4.42. The van der Waals surface area contributed by atoms with Crippen molar-refractivity contribution in [2.24, 2.45) is 5.41 Å². The van der Waals surface area contributed by atoms with Gasteiger partial charge in [0.25, 0.3) is 5.91 Å². The summed E-state index contributed by atoms with van der Waals surface area (Å²) in [5, 5.41) is 1.17. The number of benzene rings is 1. The SMILES string of the molecule is CN(C)CCC1(C)CN(C(=O)c2cc3c(N(C)C)cccc3s2)C1. The molecular formula is C19H27N3OS. The molecule has 1 aromatic heterocycles. The van der Waals surface area contributed by atoms with E-state index < -0.39 is 0 Å². The number of amides is 1. The van der Waals surface area contributed by atoms with Crippen LogP contribution in [0.5, 0.6) is 0 Å². The first-order valence-electron chi connectivity index (χ1n) is 8.43. The maximum absolute atomic E-state index is 12.8. The van der Waals surface area contributed by atoms with E-state index >= 15 is 0 Å². The van der Waals surface area contributed by atoms with Gasteiger partial charge < -0.3 is 14.7 Å². The summed E-state index contributed by atoms with van der Waals surface area (Å²) in [6.45, 7) is 5.10. The van der Waals surface area contributed by atoms with Gasteiger partial charge in [0.05, 0.1) is 4.88 Å². The minimum atomic E-state index is 0.184. The van der Waals surface area contributed by atoms with Crippen LogP contribution >= 0.6 is 11.3 Å². The van der Waals surface area contributed by atoms with E-state index in [4.69, 9.17) is 0 Å². The van der Waals surface area contributed by atoms with E-state index in [1.165, 1.54) is 15.8 Å². The average Bonchev–Trinajstić information content (AvgIpc) is 2.93. The summed E-state index contributed by atoms with van der Waals surface area (Å²) in [4.78, 5) is 20.0. The smallest absolute Gasteiger partial charge is 0.264 e. The summed E-state index contributed by atoms with van der Waals surface area (Å²) in [5.74, 6) is 0.184. The molecule has 1 amide bonds. The lowest BCUT2D eigenvalue weighted by atomic mass is 9.78. The summed E-state index contributed by atoms with van der Waals surface area (Å²) in [5.41, 5.74) is 1.44. The number of nitrogens with zero attached hydrogens (tertiary/aromatic N) is 3. The number of carbonyl (C=O) groups excluding carboxylic acids is 1. The first kappa shape index (κ1) is 17.2. The van der Waals surface area contributed by atoms with Crippen LogP contribution in [0.3, 0.4) is 0 Å². The van der Waals surface area contributed by atoms with Crippen molar-refractivity contribution in [3.63, 3.8) is 0 Å². The summed E-state index contributed by atoms with van der Waals surface area (Å²) in [6, 6.07) is 8.32. The van der Waals surface area contributed by atoms with Crippen molar-refractivity contribution in [2.75, 3.05) is 52.7 Å². The Kier molecular flexibility index (Phi) is 4.58. The molecule has 2 aromatic rings.